The zero-order chi connectivity index (χ0) is 11.9. The molecular formula is C12H18N4. The van der Waals surface area contributed by atoms with Crippen LogP contribution in [0.5, 0.6) is 0 Å². The van der Waals surface area contributed by atoms with E-state index in [0.29, 0.717) is 17.6 Å². The molecular weight excluding hydrogens is 200 g/mol. The molecule has 86 valence electrons. The van der Waals surface area contributed by atoms with E-state index >= 15 is 0 Å². The highest BCUT2D eigenvalue weighted by Gasteiger charge is 2.17. The number of anilines is 1. The number of nitrogen functional groups attached to an aromatic ring is 1. The number of nitrogens with zero attached hydrogens (tertiary/aromatic N) is 3. The van der Waals surface area contributed by atoms with E-state index < -0.39 is 0 Å². The first-order valence-corrected chi connectivity index (χ1v) is 5.63. The maximum atomic E-state index is 5.98. The molecule has 0 saturated carbocycles. The summed E-state index contributed by atoms with van der Waals surface area (Å²) in [5.41, 5.74) is 8.58. The zero-order valence-corrected chi connectivity index (χ0v) is 10.2. The number of hydrogen-bond acceptors (Lipinski definition) is 3. The number of imidazole rings is 1. The van der Waals surface area contributed by atoms with Crippen molar-refractivity contribution in [3.8, 4) is 0 Å². The fourth-order valence-electron chi connectivity index (χ4n) is 2.02. The van der Waals surface area contributed by atoms with Crippen LogP contribution < -0.4 is 5.73 Å². The summed E-state index contributed by atoms with van der Waals surface area (Å²) in [6.07, 6.45) is 3.46. The minimum atomic E-state index is 0.354. The molecule has 2 N–H and O–H groups in total. The molecule has 16 heavy (non-hydrogen) atoms. The highest BCUT2D eigenvalue weighted by atomic mass is 15.1. The van der Waals surface area contributed by atoms with Gasteiger partial charge >= 0.3 is 0 Å². The monoisotopic (exact) mass is 218 g/mol. The predicted octanol–water partition coefficient (Wildman–Crippen LogP) is 2.72. The Bertz CT molecular complexity index is 511. The summed E-state index contributed by atoms with van der Waals surface area (Å²) in [5.74, 6) is 1.46. The number of hydrogen-bond donors (Lipinski definition) is 1. The van der Waals surface area contributed by atoms with E-state index in [4.69, 9.17) is 5.73 Å². The van der Waals surface area contributed by atoms with Gasteiger partial charge in [0.15, 0.2) is 0 Å². The molecule has 0 unspecified atom stereocenters. The molecule has 0 spiro atoms. The fraction of sp³-hybridized carbons (Fsp3) is 0.500. The normalized spacial score (nSPS) is 11.9. The van der Waals surface area contributed by atoms with Gasteiger partial charge < -0.3 is 10.3 Å². The maximum Gasteiger partial charge on any atom is 0.112 e. The second-order valence-electron chi connectivity index (χ2n) is 4.68. The van der Waals surface area contributed by atoms with Gasteiger partial charge in [-0.2, -0.15) is 0 Å². The maximum absolute atomic E-state index is 5.98. The van der Waals surface area contributed by atoms with E-state index in [1.165, 1.54) is 0 Å². The van der Waals surface area contributed by atoms with Gasteiger partial charge in [-0.1, -0.05) is 13.8 Å². The van der Waals surface area contributed by atoms with Crippen LogP contribution in [-0.2, 0) is 0 Å². The van der Waals surface area contributed by atoms with Gasteiger partial charge in [-0.05, 0) is 13.8 Å². The molecule has 0 saturated heterocycles. The van der Waals surface area contributed by atoms with E-state index in [2.05, 4.69) is 42.2 Å². The Kier molecular flexibility index (Phi) is 2.58. The number of nitrogens with two attached hydrogens (primary N) is 1. The molecule has 2 heterocycles. The molecule has 0 aliphatic rings. The molecule has 0 atom stereocenters. The van der Waals surface area contributed by atoms with Crippen molar-refractivity contribution in [3.63, 3.8) is 0 Å². The number of pyridine rings is 1. The Hall–Kier alpha value is -1.58. The first-order valence-electron chi connectivity index (χ1n) is 5.63. The first-order chi connectivity index (χ1) is 7.52. The molecule has 4 nitrogen and oxygen atoms in total. The number of aromatic nitrogens is 3. The third-order valence-corrected chi connectivity index (χ3v) is 2.68. The summed E-state index contributed by atoms with van der Waals surface area (Å²) in [5, 5.41) is 0. The Morgan fingerprint density at radius 2 is 1.88 bits per heavy atom. The van der Waals surface area contributed by atoms with E-state index in [1.807, 2.05) is 0 Å². The molecule has 4 heteroatoms. The molecule has 0 amide bonds. The summed E-state index contributed by atoms with van der Waals surface area (Å²) in [6.45, 7) is 8.58. The molecule has 0 fully saturated rings. The fourth-order valence-corrected chi connectivity index (χ4v) is 2.02. The highest BCUT2D eigenvalue weighted by molar-refractivity contribution is 5.86. The van der Waals surface area contributed by atoms with Gasteiger partial charge in [0.25, 0.3) is 0 Å². The zero-order valence-electron chi connectivity index (χ0n) is 10.2. The molecule has 0 aromatic carbocycles. The molecule has 0 radical (unpaired) electrons. The van der Waals surface area contributed by atoms with Crippen LogP contribution in [0.15, 0.2) is 12.4 Å². The smallest absolute Gasteiger partial charge is 0.112 e. The summed E-state index contributed by atoms with van der Waals surface area (Å²) in [7, 11) is 0. The van der Waals surface area contributed by atoms with Crippen LogP contribution in [0, 0.1) is 0 Å². The van der Waals surface area contributed by atoms with Crippen molar-refractivity contribution in [1.29, 1.82) is 0 Å². The van der Waals surface area contributed by atoms with E-state index in [1.54, 1.807) is 12.4 Å². The van der Waals surface area contributed by atoms with Gasteiger partial charge in [0.2, 0.25) is 0 Å². The third kappa shape index (κ3) is 1.54. The summed E-state index contributed by atoms with van der Waals surface area (Å²) in [6, 6.07) is 0.354. The number of rotatable bonds is 2. The van der Waals surface area contributed by atoms with Gasteiger partial charge in [-0.3, -0.25) is 4.98 Å². The highest BCUT2D eigenvalue weighted by Crippen LogP contribution is 2.28. The van der Waals surface area contributed by atoms with Crippen molar-refractivity contribution in [2.45, 2.75) is 39.7 Å². The van der Waals surface area contributed by atoms with Crippen molar-refractivity contribution >= 4 is 16.7 Å². The lowest BCUT2D eigenvalue weighted by Crippen LogP contribution is -2.08. The molecule has 2 aromatic rings. The van der Waals surface area contributed by atoms with Crippen molar-refractivity contribution < 1.29 is 0 Å². The van der Waals surface area contributed by atoms with E-state index in [9.17, 15) is 0 Å². The van der Waals surface area contributed by atoms with Crippen LogP contribution in [0.4, 0.5) is 5.69 Å². The van der Waals surface area contributed by atoms with Crippen LogP contribution >= 0.6 is 0 Å². The Morgan fingerprint density at radius 1 is 1.19 bits per heavy atom. The van der Waals surface area contributed by atoms with Crippen LogP contribution in [-0.4, -0.2) is 14.5 Å². The van der Waals surface area contributed by atoms with Crippen LogP contribution in [0.1, 0.15) is 45.5 Å². The second-order valence-corrected chi connectivity index (χ2v) is 4.68. The first kappa shape index (κ1) is 10.9. The average Bonchev–Trinajstić information content (AvgIpc) is 2.58. The largest absolute Gasteiger partial charge is 0.396 e. The van der Waals surface area contributed by atoms with Crippen molar-refractivity contribution in [2.75, 3.05) is 5.73 Å². The average molecular weight is 218 g/mol. The molecule has 0 aliphatic heterocycles. The lowest BCUT2D eigenvalue weighted by Gasteiger charge is -2.15. The van der Waals surface area contributed by atoms with Gasteiger partial charge in [-0.25, -0.2) is 4.98 Å². The van der Waals surface area contributed by atoms with E-state index in [0.717, 1.165) is 16.9 Å². The molecule has 0 bridgehead atoms. The molecule has 0 aliphatic carbocycles. The van der Waals surface area contributed by atoms with Gasteiger partial charge in [-0.15, -0.1) is 0 Å². The van der Waals surface area contributed by atoms with Crippen LogP contribution in [0.2, 0.25) is 0 Å². The Morgan fingerprint density at radius 3 is 2.44 bits per heavy atom. The summed E-state index contributed by atoms with van der Waals surface area (Å²) < 4.78 is 2.21. The second kappa shape index (κ2) is 3.77. The predicted molar refractivity (Wildman–Crippen MR) is 66.4 cm³/mol. The van der Waals surface area contributed by atoms with Crippen molar-refractivity contribution in [2.24, 2.45) is 0 Å². The minimum absolute atomic E-state index is 0.354. The SMILES string of the molecule is CC(C)c1nc2cncc(N)c2n1C(C)C. The van der Waals surface area contributed by atoms with Gasteiger partial charge in [0, 0.05) is 12.0 Å². The van der Waals surface area contributed by atoms with Gasteiger partial charge in [0.1, 0.15) is 11.3 Å². The standard InChI is InChI=1S/C12H18N4/c1-7(2)12-15-10-6-14-5-9(13)11(10)16(12)8(3)4/h5-8H,13H2,1-4H3. The van der Waals surface area contributed by atoms with E-state index in [-0.39, 0.29) is 0 Å². The molecule has 2 aromatic heterocycles. The Labute approximate surface area is 95.5 Å². The van der Waals surface area contributed by atoms with Crippen molar-refractivity contribution in [3.05, 3.63) is 18.2 Å². The van der Waals surface area contributed by atoms with Crippen LogP contribution in [0.25, 0.3) is 11.0 Å². The summed E-state index contributed by atoms with van der Waals surface area (Å²) in [4.78, 5) is 8.70. The van der Waals surface area contributed by atoms with Gasteiger partial charge in [0.05, 0.1) is 23.6 Å². The Balaban J connectivity index is 2.83. The number of fused-ring (bicyclic) bond motifs is 1. The summed E-state index contributed by atoms with van der Waals surface area (Å²) >= 11 is 0. The molecule has 2 rings (SSSR count). The van der Waals surface area contributed by atoms with Crippen molar-refractivity contribution in [1.82, 2.24) is 14.5 Å². The quantitative estimate of drug-likeness (QED) is 0.843. The van der Waals surface area contributed by atoms with Crippen LogP contribution in [0.3, 0.4) is 0 Å². The lowest BCUT2D eigenvalue weighted by molar-refractivity contribution is 0.565. The topological polar surface area (TPSA) is 56.7 Å². The lowest BCUT2D eigenvalue weighted by atomic mass is 10.2. The third-order valence-electron chi connectivity index (χ3n) is 2.68. The minimum Gasteiger partial charge on any atom is -0.396 e.